The Bertz CT molecular complexity index is 325. The van der Waals surface area contributed by atoms with Gasteiger partial charge < -0.3 is 0 Å². The van der Waals surface area contributed by atoms with Gasteiger partial charge >= 0.3 is 5.97 Å². The van der Waals surface area contributed by atoms with Gasteiger partial charge in [0, 0.05) is 11.4 Å². The first kappa shape index (κ1) is 10.5. The van der Waals surface area contributed by atoms with Gasteiger partial charge in [0.1, 0.15) is 0 Å². The van der Waals surface area contributed by atoms with E-state index in [0.717, 1.165) is 4.47 Å². The summed E-state index contributed by atoms with van der Waals surface area (Å²) in [6, 6.07) is 5.25. The maximum atomic E-state index is 10.4. The highest BCUT2D eigenvalue weighted by Crippen LogP contribution is 2.28. The molecule has 0 fully saturated rings. The van der Waals surface area contributed by atoms with Crippen molar-refractivity contribution >= 4 is 37.8 Å². The predicted octanol–water partition coefficient (Wildman–Crippen LogP) is 3.07. The highest BCUT2D eigenvalue weighted by Gasteiger charge is 2.03. The Morgan fingerprint density at radius 2 is 2.08 bits per heavy atom. The van der Waals surface area contributed by atoms with Crippen LogP contribution in [0.1, 0.15) is 6.92 Å². The van der Waals surface area contributed by atoms with Crippen LogP contribution in [0.4, 0.5) is 0 Å². The zero-order valence-corrected chi connectivity index (χ0v) is 9.88. The molecule has 0 aromatic heterocycles. The van der Waals surface area contributed by atoms with Gasteiger partial charge in [0.15, 0.2) is 5.75 Å². The standard InChI is InChI=1S/C8H6Br2O3/c1-5(11)12-13-8-3-2-6(9)4-7(8)10/h2-4H,1H3. The van der Waals surface area contributed by atoms with E-state index in [2.05, 4.69) is 36.7 Å². The van der Waals surface area contributed by atoms with E-state index in [9.17, 15) is 4.79 Å². The molecule has 0 N–H and O–H groups in total. The molecule has 0 aliphatic heterocycles. The van der Waals surface area contributed by atoms with Crippen LogP contribution in [0, 0.1) is 0 Å². The van der Waals surface area contributed by atoms with Crippen molar-refractivity contribution in [2.75, 3.05) is 0 Å². The van der Waals surface area contributed by atoms with Crippen molar-refractivity contribution in [3.05, 3.63) is 27.1 Å². The number of hydrogen-bond acceptors (Lipinski definition) is 3. The van der Waals surface area contributed by atoms with E-state index in [4.69, 9.17) is 4.89 Å². The van der Waals surface area contributed by atoms with Crippen molar-refractivity contribution in [2.45, 2.75) is 6.92 Å². The van der Waals surface area contributed by atoms with Gasteiger partial charge in [-0.05, 0) is 34.1 Å². The Morgan fingerprint density at radius 3 is 2.62 bits per heavy atom. The third-order valence-corrected chi connectivity index (χ3v) is 2.26. The summed E-state index contributed by atoms with van der Waals surface area (Å²) in [7, 11) is 0. The lowest BCUT2D eigenvalue weighted by atomic mass is 10.3. The second-order valence-corrected chi connectivity index (χ2v) is 4.00. The van der Waals surface area contributed by atoms with Gasteiger partial charge in [-0.1, -0.05) is 15.9 Å². The summed E-state index contributed by atoms with van der Waals surface area (Å²) in [5, 5.41) is 0. The third-order valence-electron chi connectivity index (χ3n) is 1.14. The maximum Gasteiger partial charge on any atom is 0.352 e. The number of halogens is 2. The predicted molar refractivity (Wildman–Crippen MR) is 54.2 cm³/mol. The molecular weight excluding hydrogens is 304 g/mol. The van der Waals surface area contributed by atoms with Crippen molar-refractivity contribution in [3.8, 4) is 5.75 Å². The number of carbonyl (C=O) groups excluding carboxylic acids is 1. The monoisotopic (exact) mass is 308 g/mol. The lowest BCUT2D eigenvalue weighted by Crippen LogP contribution is -2.02. The zero-order chi connectivity index (χ0) is 9.84. The molecule has 0 aliphatic rings. The fourth-order valence-electron chi connectivity index (χ4n) is 0.646. The van der Waals surface area contributed by atoms with Crippen molar-refractivity contribution in [2.24, 2.45) is 0 Å². The minimum absolute atomic E-state index is 0.457. The number of benzene rings is 1. The van der Waals surface area contributed by atoms with Crippen LogP contribution in [0.25, 0.3) is 0 Å². The SMILES string of the molecule is CC(=O)OOc1ccc(Br)cc1Br. The van der Waals surface area contributed by atoms with E-state index in [1.165, 1.54) is 6.92 Å². The van der Waals surface area contributed by atoms with Crippen LogP contribution < -0.4 is 4.89 Å². The normalized spacial score (nSPS) is 9.46. The highest BCUT2D eigenvalue weighted by molar-refractivity contribution is 9.11. The molecule has 1 aromatic rings. The van der Waals surface area contributed by atoms with Gasteiger partial charge in [-0.2, -0.15) is 0 Å². The first-order valence-electron chi connectivity index (χ1n) is 3.40. The molecule has 0 heterocycles. The second kappa shape index (κ2) is 4.62. The Balaban J connectivity index is 2.72. The summed E-state index contributed by atoms with van der Waals surface area (Å²) in [5.74, 6) is -0.0341. The molecule has 0 aliphatic carbocycles. The van der Waals surface area contributed by atoms with Gasteiger partial charge in [0.05, 0.1) is 4.47 Å². The topological polar surface area (TPSA) is 35.5 Å². The van der Waals surface area contributed by atoms with Crippen LogP contribution in [-0.4, -0.2) is 5.97 Å². The molecular formula is C8H6Br2O3. The molecule has 0 bridgehead atoms. The maximum absolute atomic E-state index is 10.4. The van der Waals surface area contributed by atoms with Crippen LogP contribution >= 0.6 is 31.9 Å². The van der Waals surface area contributed by atoms with Crippen LogP contribution in [0.5, 0.6) is 5.75 Å². The molecule has 13 heavy (non-hydrogen) atoms. The van der Waals surface area contributed by atoms with Crippen molar-refractivity contribution in [1.29, 1.82) is 0 Å². The summed E-state index contributed by atoms with van der Waals surface area (Å²) in [6.45, 7) is 1.27. The second-order valence-electron chi connectivity index (χ2n) is 2.23. The Morgan fingerprint density at radius 1 is 1.38 bits per heavy atom. The van der Waals surface area contributed by atoms with Crippen molar-refractivity contribution in [3.63, 3.8) is 0 Å². The molecule has 0 unspecified atom stereocenters. The first-order chi connectivity index (χ1) is 6.09. The first-order valence-corrected chi connectivity index (χ1v) is 4.98. The lowest BCUT2D eigenvalue weighted by molar-refractivity contribution is -0.211. The fraction of sp³-hybridized carbons (Fsp3) is 0.125. The summed E-state index contributed by atoms with van der Waals surface area (Å²) in [5.41, 5.74) is 0. The third kappa shape index (κ3) is 3.36. The zero-order valence-electron chi connectivity index (χ0n) is 6.71. The lowest BCUT2D eigenvalue weighted by Gasteiger charge is -2.04. The number of hydrogen-bond donors (Lipinski definition) is 0. The van der Waals surface area contributed by atoms with E-state index in [0.29, 0.717) is 10.2 Å². The molecule has 0 atom stereocenters. The van der Waals surface area contributed by atoms with Gasteiger partial charge in [-0.3, -0.25) is 9.78 Å². The van der Waals surface area contributed by atoms with Crippen LogP contribution in [0.15, 0.2) is 27.1 Å². The molecule has 1 aromatic carbocycles. The van der Waals surface area contributed by atoms with E-state index in [-0.39, 0.29) is 0 Å². The van der Waals surface area contributed by atoms with E-state index in [1.807, 2.05) is 0 Å². The Hall–Kier alpha value is -0.550. The summed E-state index contributed by atoms with van der Waals surface area (Å²) >= 11 is 6.53. The summed E-state index contributed by atoms with van der Waals surface area (Å²) in [6.07, 6.45) is 0. The molecule has 5 heteroatoms. The van der Waals surface area contributed by atoms with Gasteiger partial charge in [-0.25, -0.2) is 4.79 Å². The van der Waals surface area contributed by atoms with E-state index in [1.54, 1.807) is 18.2 Å². The van der Waals surface area contributed by atoms with Gasteiger partial charge in [0.25, 0.3) is 0 Å². The Labute approximate surface area is 92.2 Å². The highest BCUT2D eigenvalue weighted by atomic mass is 79.9. The average Bonchev–Trinajstić information content (AvgIpc) is 2.02. The molecule has 0 saturated carbocycles. The molecule has 0 spiro atoms. The Kier molecular flexibility index (Phi) is 3.74. The molecule has 0 radical (unpaired) electrons. The molecule has 0 saturated heterocycles. The number of carbonyl (C=O) groups is 1. The fourth-order valence-corrected chi connectivity index (χ4v) is 1.76. The smallest absolute Gasteiger partial charge is 0.286 e. The minimum atomic E-state index is -0.491. The quantitative estimate of drug-likeness (QED) is 0.622. The molecule has 70 valence electrons. The van der Waals surface area contributed by atoms with Crippen LogP contribution in [-0.2, 0) is 9.68 Å². The minimum Gasteiger partial charge on any atom is -0.286 e. The van der Waals surface area contributed by atoms with Crippen molar-refractivity contribution < 1.29 is 14.6 Å². The van der Waals surface area contributed by atoms with Crippen LogP contribution in [0.2, 0.25) is 0 Å². The van der Waals surface area contributed by atoms with Crippen molar-refractivity contribution in [1.82, 2.24) is 0 Å². The largest absolute Gasteiger partial charge is 0.352 e. The summed E-state index contributed by atoms with van der Waals surface area (Å²) < 4.78 is 1.62. The van der Waals surface area contributed by atoms with Gasteiger partial charge in [-0.15, -0.1) is 0 Å². The van der Waals surface area contributed by atoms with Gasteiger partial charge in [0.2, 0.25) is 0 Å². The molecule has 0 amide bonds. The molecule has 3 nitrogen and oxygen atoms in total. The van der Waals surface area contributed by atoms with E-state index < -0.39 is 5.97 Å². The van der Waals surface area contributed by atoms with E-state index >= 15 is 0 Å². The number of rotatable bonds is 2. The average molecular weight is 310 g/mol. The van der Waals surface area contributed by atoms with Crippen LogP contribution in [0.3, 0.4) is 0 Å². The summed E-state index contributed by atoms with van der Waals surface area (Å²) in [4.78, 5) is 19.5. The molecule has 1 rings (SSSR count).